The highest BCUT2D eigenvalue weighted by atomic mass is 31.2. The minimum atomic E-state index is -2.13. The fraction of sp³-hybridized carbons (Fsp3) is 0.750. The Hall–Kier alpha value is -0.180. The van der Waals surface area contributed by atoms with Gasteiger partial charge in [-0.05, 0) is 6.92 Å². The quantitative estimate of drug-likeness (QED) is 0.435. The minimum Gasteiger partial charge on any atom is -0.466 e. The van der Waals surface area contributed by atoms with Gasteiger partial charge in [0, 0.05) is 0 Å². The van der Waals surface area contributed by atoms with Crippen LogP contribution in [-0.2, 0) is 9.53 Å². The first-order chi connectivity index (χ1) is 4.16. The van der Waals surface area contributed by atoms with Crippen molar-refractivity contribution in [2.45, 2.75) is 6.92 Å². The summed E-state index contributed by atoms with van der Waals surface area (Å²) < 4.78 is 4.41. The van der Waals surface area contributed by atoms with Crippen molar-refractivity contribution < 1.29 is 19.3 Å². The number of hydrogen-bond donors (Lipinski definition) is 2. The first kappa shape index (κ1) is 8.82. The number of carbonyl (C=O) groups is 1. The largest absolute Gasteiger partial charge is 0.466 e. The van der Waals surface area contributed by atoms with Crippen LogP contribution in [0.4, 0.5) is 0 Å². The summed E-state index contributed by atoms with van der Waals surface area (Å²) in [7, 11) is -2.13. The van der Waals surface area contributed by atoms with Crippen molar-refractivity contribution in [1.82, 2.24) is 0 Å². The van der Waals surface area contributed by atoms with Crippen molar-refractivity contribution >= 4 is 14.3 Å². The van der Waals surface area contributed by atoms with E-state index in [1.807, 2.05) is 0 Å². The standard InChI is InChI=1S/C4H9O4P/c1-2-8-4(5)3-9(6)7/h6-7H,2-3H2,1H3. The smallest absolute Gasteiger partial charge is 0.314 e. The summed E-state index contributed by atoms with van der Waals surface area (Å²) in [6, 6.07) is 0. The molecule has 0 aliphatic heterocycles. The van der Waals surface area contributed by atoms with Gasteiger partial charge in [-0.15, -0.1) is 0 Å². The number of ether oxygens (including phenoxy) is 1. The summed E-state index contributed by atoms with van der Waals surface area (Å²) in [4.78, 5) is 26.9. The molecule has 0 bridgehead atoms. The van der Waals surface area contributed by atoms with E-state index in [2.05, 4.69) is 4.74 Å². The molecule has 2 N–H and O–H groups in total. The molecule has 54 valence electrons. The lowest BCUT2D eigenvalue weighted by Crippen LogP contribution is -2.07. The third kappa shape index (κ3) is 5.69. The molecule has 0 amide bonds. The maximum Gasteiger partial charge on any atom is 0.314 e. The first-order valence-corrected chi connectivity index (χ1v) is 3.91. The van der Waals surface area contributed by atoms with E-state index >= 15 is 0 Å². The van der Waals surface area contributed by atoms with E-state index in [9.17, 15) is 4.79 Å². The van der Waals surface area contributed by atoms with Crippen molar-refractivity contribution in [1.29, 1.82) is 0 Å². The summed E-state index contributed by atoms with van der Waals surface area (Å²) in [6.07, 6.45) is -0.289. The summed E-state index contributed by atoms with van der Waals surface area (Å²) in [5, 5.41) is 0. The second-order valence-corrected chi connectivity index (χ2v) is 2.40. The van der Waals surface area contributed by atoms with Gasteiger partial charge < -0.3 is 14.5 Å². The van der Waals surface area contributed by atoms with Crippen molar-refractivity contribution in [2.75, 3.05) is 12.8 Å². The monoisotopic (exact) mass is 152 g/mol. The number of hydrogen-bond acceptors (Lipinski definition) is 4. The molecule has 0 saturated carbocycles. The van der Waals surface area contributed by atoms with Crippen LogP contribution in [0.15, 0.2) is 0 Å². The van der Waals surface area contributed by atoms with E-state index in [1.165, 1.54) is 0 Å². The van der Waals surface area contributed by atoms with Gasteiger partial charge in [0.1, 0.15) is 6.16 Å². The molecule has 9 heavy (non-hydrogen) atoms. The van der Waals surface area contributed by atoms with Gasteiger partial charge in [0.2, 0.25) is 0 Å². The zero-order chi connectivity index (χ0) is 7.28. The predicted molar refractivity (Wildman–Crippen MR) is 32.9 cm³/mol. The van der Waals surface area contributed by atoms with Crippen LogP contribution in [0, 0.1) is 0 Å². The van der Waals surface area contributed by atoms with Crippen LogP contribution in [0.25, 0.3) is 0 Å². The zero-order valence-corrected chi connectivity index (χ0v) is 5.97. The summed E-state index contributed by atoms with van der Waals surface area (Å²) in [5.74, 6) is -0.561. The molecule has 0 radical (unpaired) electrons. The molecular weight excluding hydrogens is 143 g/mol. The molecule has 0 fully saturated rings. The van der Waals surface area contributed by atoms with Crippen molar-refractivity contribution in [2.24, 2.45) is 0 Å². The van der Waals surface area contributed by atoms with E-state index in [0.29, 0.717) is 0 Å². The second-order valence-electron chi connectivity index (χ2n) is 1.34. The van der Waals surface area contributed by atoms with E-state index < -0.39 is 14.3 Å². The Morgan fingerprint density at radius 2 is 2.22 bits per heavy atom. The van der Waals surface area contributed by atoms with Gasteiger partial charge in [-0.1, -0.05) is 0 Å². The fourth-order valence-corrected chi connectivity index (χ4v) is 0.644. The molecule has 0 atom stereocenters. The van der Waals surface area contributed by atoms with Crippen LogP contribution in [0.5, 0.6) is 0 Å². The van der Waals surface area contributed by atoms with Crippen molar-refractivity contribution in [3.05, 3.63) is 0 Å². The van der Waals surface area contributed by atoms with Gasteiger partial charge in [-0.3, -0.25) is 4.79 Å². The first-order valence-electron chi connectivity index (χ1n) is 2.47. The second kappa shape index (κ2) is 4.68. The highest BCUT2D eigenvalue weighted by Crippen LogP contribution is 2.21. The van der Waals surface area contributed by atoms with Crippen LogP contribution < -0.4 is 0 Å². The normalized spacial score (nSPS) is 9.78. The van der Waals surface area contributed by atoms with Gasteiger partial charge >= 0.3 is 5.97 Å². The van der Waals surface area contributed by atoms with Gasteiger partial charge in [-0.2, -0.15) is 0 Å². The third-order valence-electron chi connectivity index (χ3n) is 0.576. The van der Waals surface area contributed by atoms with Gasteiger partial charge in [-0.25, -0.2) is 0 Å². The Labute approximate surface area is 54.4 Å². The van der Waals surface area contributed by atoms with Crippen LogP contribution in [-0.4, -0.2) is 28.5 Å². The maximum absolute atomic E-state index is 10.3. The van der Waals surface area contributed by atoms with Crippen LogP contribution in [0.3, 0.4) is 0 Å². The van der Waals surface area contributed by atoms with E-state index in [1.54, 1.807) is 6.92 Å². The molecule has 0 saturated heterocycles. The number of esters is 1. The minimum absolute atomic E-state index is 0.280. The number of rotatable bonds is 3. The SMILES string of the molecule is CCOC(=O)CP(O)O. The molecular formula is C4H9O4P. The summed E-state index contributed by atoms with van der Waals surface area (Å²) in [6.45, 7) is 1.94. The van der Waals surface area contributed by atoms with Crippen LogP contribution in [0.2, 0.25) is 0 Å². The molecule has 0 spiro atoms. The lowest BCUT2D eigenvalue weighted by atomic mass is 10.8. The average molecular weight is 152 g/mol. The molecule has 5 heteroatoms. The van der Waals surface area contributed by atoms with Gasteiger partial charge in [0.25, 0.3) is 0 Å². The summed E-state index contributed by atoms with van der Waals surface area (Å²) in [5.41, 5.74) is 0. The molecule has 0 aliphatic carbocycles. The third-order valence-corrected chi connectivity index (χ3v) is 1.12. The van der Waals surface area contributed by atoms with Crippen molar-refractivity contribution in [3.8, 4) is 0 Å². The van der Waals surface area contributed by atoms with E-state index in [0.717, 1.165) is 0 Å². The van der Waals surface area contributed by atoms with E-state index in [-0.39, 0.29) is 12.8 Å². The topological polar surface area (TPSA) is 66.8 Å². The molecule has 0 aromatic rings. The molecule has 0 rings (SSSR count). The van der Waals surface area contributed by atoms with Crippen LogP contribution in [0.1, 0.15) is 6.92 Å². The highest BCUT2D eigenvalue weighted by molar-refractivity contribution is 7.46. The molecule has 0 heterocycles. The molecule has 0 unspecified atom stereocenters. The molecule has 0 aromatic carbocycles. The maximum atomic E-state index is 10.3. The Morgan fingerprint density at radius 1 is 1.67 bits per heavy atom. The Bertz CT molecular complexity index is 92.6. The molecule has 0 aromatic heterocycles. The fourth-order valence-electron chi connectivity index (χ4n) is 0.322. The lowest BCUT2D eigenvalue weighted by molar-refractivity contribution is -0.140. The molecule has 0 aliphatic rings. The Balaban J connectivity index is 3.27. The van der Waals surface area contributed by atoms with Gasteiger partial charge in [0.05, 0.1) is 6.61 Å². The number of carbonyl (C=O) groups excluding carboxylic acids is 1. The molecule has 4 nitrogen and oxygen atoms in total. The predicted octanol–water partition coefficient (Wildman–Crippen LogP) is -0.154. The van der Waals surface area contributed by atoms with Gasteiger partial charge in [0.15, 0.2) is 8.38 Å². The van der Waals surface area contributed by atoms with E-state index in [4.69, 9.17) is 9.79 Å². The zero-order valence-electron chi connectivity index (χ0n) is 5.07. The summed E-state index contributed by atoms with van der Waals surface area (Å²) >= 11 is 0. The highest BCUT2D eigenvalue weighted by Gasteiger charge is 2.07. The Morgan fingerprint density at radius 3 is 2.56 bits per heavy atom. The van der Waals surface area contributed by atoms with Crippen molar-refractivity contribution in [3.63, 3.8) is 0 Å². The lowest BCUT2D eigenvalue weighted by Gasteiger charge is -2.00. The average Bonchev–Trinajstić information content (AvgIpc) is 1.63. The Kier molecular flexibility index (Phi) is 4.58. The van der Waals surface area contributed by atoms with Crippen LogP contribution >= 0.6 is 8.38 Å².